The summed E-state index contributed by atoms with van der Waals surface area (Å²) in [6, 6.07) is 5.93. The van der Waals surface area contributed by atoms with E-state index in [0.29, 0.717) is 0 Å². The molecule has 0 saturated carbocycles. The van der Waals surface area contributed by atoms with Crippen molar-refractivity contribution >= 4 is 23.1 Å². The number of benzene rings is 1. The molecule has 0 radical (unpaired) electrons. The van der Waals surface area contributed by atoms with Crippen molar-refractivity contribution in [3.8, 4) is 0 Å². The van der Waals surface area contributed by atoms with Crippen molar-refractivity contribution in [1.29, 1.82) is 0 Å². The quantitative estimate of drug-likeness (QED) is 0.592. The molecule has 0 atom stereocenters. The van der Waals surface area contributed by atoms with Crippen molar-refractivity contribution in [1.82, 2.24) is 0 Å². The molecule has 0 aromatic heterocycles. The first kappa shape index (κ1) is 12.2. The predicted octanol–water partition coefficient (Wildman–Crippen LogP) is 1.30. The molecule has 1 aromatic rings. The Balaban J connectivity index is 2.80. The third-order valence-corrected chi connectivity index (χ3v) is 1.79. The number of carbonyl (C=O) groups excluding carboxylic acids is 2. The molecule has 0 aliphatic heterocycles. The molecule has 1 amide bonds. The van der Waals surface area contributed by atoms with Crippen molar-refractivity contribution < 1.29 is 14.8 Å². The summed E-state index contributed by atoms with van der Waals surface area (Å²) in [7, 11) is 0. The fourth-order valence-corrected chi connectivity index (χ4v) is 1.17. The molecule has 0 bridgehead atoms. The highest BCUT2D eigenvalue weighted by atomic mass is 16.8. The molecule has 86 valence electrons. The Morgan fingerprint density at radius 3 is 2.62 bits per heavy atom. The third-order valence-electron chi connectivity index (χ3n) is 1.79. The van der Waals surface area contributed by atoms with Gasteiger partial charge in [-0.1, -0.05) is 12.1 Å². The van der Waals surface area contributed by atoms with E-state index in [0.717, 1.165) is 0 Å². The van der Waals surface area contributed by atoms with Crippen LogP contribution in [0.3, 0.4) is 0 Å². The summed E-state index contributed by atoms with van der Waals surface area (Å²) in [6.07, 6.45) is -0.265. The van der Waals surface area contributed by atoms with Gasteiger partial charge >= 0.3 is 0 Å². The molecule has 6 nitrogen and oxygen atoms in total. The number of para-hydroxylation sites is 2. The van der Waals surface area contributed by atoms with E-state index in [2.05, 4.69) is 5.32 Å². The zero-order valence-electron chi connectivity index (χ0n) is 8.64. The fourth-order valence-electron chi connectivity index (χ4n) is 1.17. The van der Waals surface area contributed by atoms with Gasteiger partial charge in [-0.3, -0.25) is 14.8 Å². The second-order valence-corrected chi connectivity index (χ2v) is 3.22. The zero-order valence-corrected chi connectivity index (χ0v) is 8.64. The van der Waals surface area contributed by atoms with Gasteiger partial charge in [-0.15, -0.1) is 0 Å². The van der Waals surface area contributed by atoms with Crippen LogP contribution in [0.4, 0.5) is 11.4 Å². The molecule has 6 heteroatoms. The van der Waals surface area contributed by atoms with E-state index >= 15 is 0 Å². The maximum Gasteiger partial charge on any atom is 0.231 e. The second kappa shape index (κ2) is 5.24. The standard InChI is InChI=1S/C10H11N2O4/c1-7(13)6-10(14)11-8-4-2-3-5-9(8)12(15)16/h2-5,15H,6H2,1H3,(H,11,14)/q-1. The number of hydrogen-bond donors (Lipinski definition) is 2. The topological polar surface area (TPSA) is 92.7 Å². The molecule has 0 fully saturated rings. The number of carbonyl (C=O) groups is 2. The van der Waals surface area contributed by atoms with Crippen molar-refractivity contribution in [2.75, 3.05) is 10.5 Å². The normalized spacial score (nSPS) is 9.69. The van der Waals surface area contributed by atoms with Gasteiger partial charge in [0.1, 0.15) is 5.78 Å². The average Bonchev–Trinajstić information content (AvgIpc) is 2.16. The van der Waals surface area contributed by atoms with Gasteiger partial charge in [-0.2, -0.15) is 0 Å². The fraction of sp³-hybridized carbons (Fsp3) is 0.200. The van der Waals surface area contributed by atoms with E-state index in [9.17, 15) is 14.8 Å². The summed E-state index contributed by atoms with van der Waals surface area (Å²) in [6.45, 7) is 1.29. The Hall–Kier alpha value is -1.92. The highest BCUT2D eigenvalue weighted by Crippen LogP contribution is 2.23. The van der Waals surface area contributed by atoms with Gasteiger partial charge in [-0.05, 0) is 19.1 Å². The Bertz CT molecular complexity index is 404. The van der Waals surface area contributed by atoms with Crippen LogP contribution in [0.25, 0.3) is 0 Å². The smallest absolute Gasteiger partial charge is 0.231 e. The molecule has 0 heterocycles. The van der Waals surface area contributed by atoms with E-state index in [1.54, 1.807) is 6.07 Å². The maximum absolute atomic E-state index is 11.3. The van der Waals surface area contributed by atoms with Gasteiger partial charge in [0.2, 0.25) is 5.91 Å². The number of hydrogen-bond acceptors (Lipinski definition) is 5. The van der Waals surface area contributed by atoms with Crippen molar-refractivity contribution in [2.24, 2.45) is 0 Å². The largest absolute Gasteiger partial charge is 0.733 e. The van der Waals surface area contributed by atoms with Crippen LogP contribution in [-0.4, -0.2) is 16.9 Å². The lowest BCUT2D eigenvalue weighted by atomic mass is 10.2. The minimum Gasteiger partial charge on any atom is -0.733 e. The van der Waals surface area contributed by atoms with Crippen LogP contribution in [0.15, 0.2) is 24.3 Å². The molecule has 0 spiro atoms. The minimum absolute atomic E-state index is 0.0839. The molecule has 0 unspecified atom stereocenters. The van der Waals surface area contributed by atoms with Crippen LogP contribution in [0.2, 0.25) is 0 Å². The van der Waals surface area contributed by atoms with Crippen molar-refractivity contribution in [2.45, 2.75) is 13.3 Å². The third kappa shape index (κ3) is 3.34. The first-order valence-corrected chi connectivity index (χ1v) is 4.55. The van der Waals surface area contributed by atoms with Crippen molar-refractivity contribution in [3.63, 3.8) is 0 Å². The summed E-state index contributed by atoms with van der Waals surface area (Å²) in [5.74, 6) is -0.806. The van der Waals surface area contributed by atoms with Gasteiger partial charge < -0.3 is 15.8 Å². The molecule has 0 aliphatic carbocycles. The molecule has 16 heavy (non-hydrogen) atoms. The highest BCUT2D eigenvalue weighted by molar-refractivity contribution is 6.04. The van der Waals surface area contributed by atoms with Crippen LogP contribution in [0.5, 0.6) is 0 Å². The Labute approximate surface area is 92.0 Å². The van der Waals surface area contributed by atoms with Gasteiger partial charge in [-0.25, -0.2) is 0 Å². The molecular weight excluding hydrogens is 212 g/mol. The summed E-state index contributed by atoms with van der Waals surface area (Å²) < 4.78 is 0. The molecule has 2 N–H and O–H groups in total. The van der Waals surface area contributed by atoms with Gasteiger partial charge in [0.25, 0.3) is 0 Å². The number of ketones is 1. The van der Waals surface area contributed by atoms with E-state index in [4.69, 9.17) is 5.21 Å². The summed E-state index contributed by atoms with van der Waals surface area (Å²) >= 11 is 0. The van der Waals surface area contributed by atoms with Crippen LogP contribution < -0.4 is 10.5 Å². The lowest BCUT2D eigenvalue weighted by Crippen LogP contribution is -2.17. The highest BCUT2D eigenvalue weighted by Gasteiger charge is 2.08. The first-order chi connectivity index (χ1) is 7.50. The Morgan fingerprint density at radius 2 is 2.06 bits per heavy atom. The van der Waals surface area contributed by atoms with Gasteiger partial charge in [0.05, 0.1) is 17.8 Å². The number of rotatable bonds is 4. The first-order valence-electron chi connectivity index (χ1n) is 4.55. The maximum atomic E-state index is 11.3. The lowest BCUT2D eigenvalue weighted by Gasteiger charge is -2.24. The Kier molecular flexibility index (Phi) is 3.98. The minimum atomic E-state index is -0.526. The molecule has 1 aromatic carbocycles. The number of amides is 1. The van der Waals surface area contributed by atoms with Gasteiger partial charge in [0.15, 0.2) is 0 Å². The molecule has 1 rings (SSSR count). The van der Waals surface area contributed by atoms with Crippen LogP contribution in [0, 0.1) is 5.21 Å². The zero-order chi connectivity index (χ0) is 12.1. The number of anilines is 2. The van der Waals surface area contributed by atoms with Crippen LogP contribution in [0.1, 0.15) is 13.3 Å². The predicted molar refractivity (Wildman–Crippen MR) is 58.0 cm³/mol. The molecular formula is C10H11N2O4-. The second-order valence-electron chi connectivity index (χ2n) is 3.22. The van der Waals surface area contributed by atoms with E-state index in [1.807, 2.05) is 0 Å². The van der Waals surface area contributed by atoms with E-state index < -0.39 is 5.91 Å². The lowest BCUT2D eigenvalue weighted by molar-refractivity contribution is -0.124. The van der Waals surface area contributed by atoms with Crippen LogP contribution in [-0.2, 0) is 9.59 Å². The monoisotopic (exact) mass is 223 g/mol. The van der Waals surface area contributed by atoms with E-state index in [1.165, 1.54) is 25.1 Å². The van der Waals surface area contributed by atoms with Gasteiger partial charge in [0, 0.05) is 0 Å². The number of nitrogens with zero attached hydrogens (tertiary/aromatic N) is 1. The average molecular weight is 223 g/mol. The summed E-state index contributed by atoms with van der Waals surface area (Å²) in [5, 5.41) is 21.5. The molecule has 0 saturated heterocycles. The SMILES string of the molecule is CC(=O)CC(=O)Nc1ccccc1N([O-])O. The number of Topliss-reactive ketones (excluding diaryl/α,β-unsaturated/α-hetero) is 1. The Morgan fingerprint density at radius 1 is 1.44 bits per heavy atom. The van der Waals surface area contributed by atoms with E-state index in [-0.39, 0.29) is 28.8 Å². The van der Waals surface area contributed by atoms with Crippen LogP contribution >= 0.6 is 0 Å². The summed E-state index contributed by atoms with van der Waals surface area (Å²) in [5.41, 5.74) is 0.0747. The summed E-state index contributed by atoms with van der Waals surface area (Å²) in [4.78, 5) is 21.9. The number of nitrogens with one attached hydrogen (secondary N) is 1. The van der Waals surface area contributed by atoms with Crippen molar-refractivity contribution in [3.05, 3.63) is 29.5 Å². The molecule has 0 aliphatic rings.